The summed E-state index contributed by atoms with van der Waals surface area (Å²) in [5, 5.41) is 3.73. The lowest BCUT2D eigenvalue weighted by Gasteiger charge is -2.32. The topological polar surface area (TPSA) is 67.6 Å². The average Bonchev–Trinajstić information content (AvgIpc) is 2.81. The number of ether oxygens (including phenoxy) is 1. The minimum Gasteiger partial charge on any atom is -0.492 e. The fourth-order valence-electron chi connectivity index (χ4n) is 2.61. The number of carbonyl (C=O) groups is 1. The van der Waals surface area contributed by atoms with Crippen molar-refractivity contribution in [2.45, 2.75) is 19.8 Å². The molecule has 1 amide bonds. The van der Waals surface area contributed by atoms with Gasteiger partial charge in [-0.15, -0.1) is 17.9 Å². The van der Waals surface area contributed by atoms with Gasteiger partial charge in [-0.2, -0.15) is 0 Å². The maximum atomic E-state index is 12.2. The Balaban J connectivity index is 2.29. The number of rotatable bonds is 5. The van der Waals surface area contributed by atoms with Crippen molar-refractivity contribution in [2.24, 2.45) is 5.92 Å². The summed E-state index contributed by atoms with van der Waals surface area (Å²) >= 11 is 1.41. The van der Waals surface area contributed by atoms with E-state index in [1.165, 1.54) is 17.8 Å². The number of nitrogens with two attached hydrogens (primary N) is 1. The first kappa shape index (κ1) is 15.7. The maximum absolute atomic E-state index is 12.2. The summed E-state index contributed by atoms with van der Waals surface area (Å²) in [7, 11) is 1.60. The number of methoxy groups -OCH3 is 1. The number of nitrogens with one attached hydrogen (secondary N) is 1. The summed E-state index contributed by atoms with van der Waals surface area (Å²) in [6.07, 6.45) is 4.04. The van der Waals surface area contributed by atoms with E-state index >= 15 is 0 Å². The fourth-order valence-corrected chi connectivity index (χ4v) is 3.75. The summed E-state index contributed by atoms with van der Waals surface area (Å²) < 4.78 is 5.44. The number of anilines is 2. The standard InChI is InChI=1S/C15H23N3O2S/c1-4-7-17-14(19)13-11(16)12(20-3)15(21-13)18-8-5-6-10(2)9-18/h4,10H,1,5-9,16H2,2-3H3,(H,17,19). The van der Waals surface area contributed by atoms with E-state index < -0.39 is 0 Å². The molecular weight excluding hydrogens is 286 g/mol. The van der Waals surface area contributed by atoms with Crippen LogP contribution in [0, 0.1) is 5.92 Å². The molecule has 2 heterocycles. The van der Waals surface area contributed by atoms with Crippen LogP contribution in [0.2, 0.25) is 0 Å². The molecule has 0 bridgehead atoms. The molecule has 1 aliphatic heterocycles. The van der Waals surface area contributed by atoms with E-state index in [1.54, 1.807) is 13.2 Å². The number of hydrogen-bond acceptors (Lipinski definition) is 5. The van der Waals surface area contributed by atoms with E-state index in [1.807, 2.05) is 0 Å². The van der Waals surface area contributed by atoms with Crippen molar-refractivity contribution < 1.29 is 9.53 Å². The van der Waals surface area contributed by atoms with Gasteiger partial charge in [0, 0.05) is 19.6 Å². The van der Waals surface area contributed by atoms with E-state index in [0.29, 0.717) is 28.8 Å². The van der Waals surface area contributed by atoms with Gasteiger partial charge in [-0.05, 0) is 18.8 Å². The Labute approximate surface area is 129 Å². The highest BCUT2D eigenvalue weighted by atomic mass is 32.1. The van der Waals surface area contributed by atoms with E-state index in [4.69, 9.17) is 10.5 Å². The first-order valence-corrected chi connectivity index (χ1v) is 8.00. The number of nitrogens with zero attached hydrogens (tertiary/aromatic N) is 1. The smallest absolute Gasteiger partial charge is 0.263 e. The molecule has 3 N–H and O–H groups in total. The highest BCUT2D eigenvalue weighted by Gasteiger charge is 2.27. The minimum absolute atomic E-state index is 0.174. The highest BCUT2D eigenvalue weighted by Crippen LogP contribution is 2.45. The molecule has 0 aromatic carbocycles. The monoisotopic (exact) mass is 309 g/mol. The third-order valence-electron chi connectivity index (χ3n) is 3.64. The van der Waals surface area contributed by atoms with E-state index in [2.05, 4.69) is 23.7 Å². The van der Waals surface area contributed by atoms with Gasteiger partial charge in [0.25, 0.3) is 5.91 Å². The van der Waals surface area contributed by atoms with E-state index in [0.717, 1.165) is 24.5 Å². The van der Waals surface area contributed by atoms with Gasteiger partial charge < -0.3 is 20.7 Å². The Morgan fingerprint density at radius 2 is 2.43 bits per heavy atom. The zero-order valence-corrected chi connectivity index (χ0v) is 13.5. The Morgan fingerprint density at radius 3 is 3.05 bits per heavy atom. The van der Waals surface area contributed by atoms with Crippen LogP contribution in [0.15, 0.2) is 12.7 Å². The first-order valence-electron chi connectivity index (χ1n) is 7.18. The SMILES string of the molecule is C=CCNC(=O)c1sc(N2CCCC(C)C2)c(OC)c1N. The molecule has 0 radical (unpaired) electrons. The predicted octanol–water partition coefficient (Wildman–Crippen LogP) is 2.49. The summed E-state index contributed by atoms with van der Waals surface area (Å²) in [6, 6.07) is 0. The lowest BCUT2D eigenvalue weighted by molar-refractivity contribution is 0.0962. The molecule has 0 saturated carbocycles. The molecule has 21 heavy (non-hydrogen) atoms. The second-order valence-electron chi connectivity index (χ2n) is 5.38. The second-order valence-corrected chi connectivity index (χ2v) is 6.37. The average molecular weight is 309 g/mol. The molecule has 1 unspecified atom stereocenters. The zero-order valence-electron chi connectivity index (χ0n) is 12.6. The van der Waals surface area contributed by atoms with Crippen LogP contribution in [0.25, 0.3) is 0 Å². The molecule has 0 spiro atoms. The zero-order chi connectivity index (χ0) is 15.4. The molecule has 1 saturated heterocycles. The quantitative estimate of drug-likeness (QED) is 0.820. The number of thiophene rings is 1. The number of amides is 1. The van der Waals surface area contributed by atoms with Gasteiger partial charge in [-0.3, -0.25) is 4.79 Å². The van der Waals surface area contributed by atoms with Crippen LogP contribution in [0.3, 0.4) is 0 Å². The highest BCUT2D eigenvalue weighted by molar-refractivity contribution is 7.19. The second kappa shape index (κ2) is 6.85. The summed E-state index contributed by atoms with van der Waals surface area (Å²) in [4.78, 5) is 14.9. The van der Waals surface area contributed by atoms with Gasteiger partial charge in [-0.1, -0.05) is 13.0 Å². The fraction of sp³-hybridized carbons (Fsp3) is 0.533. The van der Waals surface area contributed by atoms with Gasteiger partial charge in [-0.25, -0.2) is 0 Å². The number of piperidine rings is 1. The van der Waals surface area contributed by atoms with E-state index in [9.17, 15) is 4.79 Å². The number of nitrogen functional groups attached to an aromatic ring is 1. The molecule has 116 valence electrons. The minimum atomic E-state index is -0.174. The molecule has 1 aromatic heterocycles. The van der Waals surface area contributed by atoms with Crippen LogP contribution in [-0.4, -0.2) is 32.7 Å². The Bertz CT molecular complexity index is 527. The largest absolute Gasteiger partial charge is 0.492 e. The summed E-state index contributed by atoms with van der Waals surface area (Å²) in [5.74, 6) is 1.09. The maximum Gasteiger partial charge on any atom is 0.263 e. The Morgan fingerprint density at radius 1 is 1.67 bits per heavy atom. The lowest BCUT2D eigenvalue weighted by Crippen LogP contribution is -2.33. The lowest BCUT2D eigenvalue weighted by atomic mass is 10.0. The van der Waals surface area contributed by atoms with Crippen molar-refractivity contribution in [1.82, 2.24) is 5.32 Å². The normalized spacial score (nSPS) is 18.4. The van der Waals surface area contributed by atoms with Crippen LogP contribution in [0.5, 0.6) is 5.75 Å². The molecule has 6 heteroatoms. The van der Waals surface area contributed by atoms with Crippen LogP contribution in [-0.2, 0) is 0 Å². The van der Waals surface area contributed by atoms with Gasteiger partial charge >= 0.3 is 0 Å². The van der Waals surface area contributed by atoms with Crippen LogP contribution < -0.4 is 20.7 Å². The van der Waals surface area contributed by atoms with Gasteiger partial charge in [0.05, 0.1) is 7.11 Å². The van der Waals surface area contributed by atoms with Crippen molar-refractivity contribution in [3.63, 3.8) is 0 Å². The molecule has 1 fully saturated rings. The first-order chi connectivity index (χ1) is 10.1. The molecule has 2 rings (SSSR count). The van der Waals surface area contributed by atoms with Crippen molar-refractivity contribution in [3.8, 4) is 5.75 Å². The van der Waals surface area contributed by atoms with E-state index in [-0.39, 0.29) is 5.91 Å². The van der Waals surface area contributed by atoms with Gasteiger partial charge in [0.2, 0.25) is 0 Å². The van der Waals surface area contributed by atoms with Gasteiger partial charge in [0.1, 0.15) is 15.6 Å². The molecule has 1 aliphatic rings. The van der Waals surface area contributed by atoms with Gasteiger partial charge in [0.15, 0.2) is 5.75 Å². The van der Waals surface area contributed by atoms with Crippen LogP contribution in [0.4, 0.5) is 10.7 Å². The Hall–Kier alpha value is -1.69. The molecule has 1 atom stereocenters. The van der Waals surface area contributed by atoms with Crippen molar-refractivity contribution in [1.29, 1.82) is 0 Å². The van der Waals surface area contributed by atoms with Crippen molar-refractivity contribution >= 4 is 27.9 Å². The summed E-state index contributed by atoms with van der Waals surface area (Å²) in [5.41, 5.74) is 6.53. The third-order valence-corrected chi connectivity index (χ3v) is 4.89. The third kappa shape index (κ3) is 3.32. The van der Waals surface area contributed by atoms with Crippen molar-refractivity contribution in [3.05, 3.63) is 17.5 Å². The molecule has 5 nitrogen and oxygen atoms in total. The molecular formula is C15H23N3O2S. The Kier molecular flexibility index (Phi) is 5.12. The van der Waals surface area contributed by atoms with Crippen molar-refractivity contribution in [2.75, 3.05) is 37.4 Å². The van der Waals surface area contributed by atoms with Crippen LogP contribution >= 0.6 is 11.3 Å². The predicted molar refractivity (Wildman–Crippen MR) is 88.4 cm³/mol. The number of carbonyl (C=O) groups excluding carboxylic acids is 1. The number of hydrogen-bond donors (Lipinski definition) is 2. The molecule has 0 aliphatic carbocycles. The summed E-state index contributed by atoms with van der Waals surface area (Å²) in [6.45, 7) is 8.22. The van der Waals surface area contributed by atoms with Crippen LogP contribution in [0.1, 0.15) is 29.4 Å². The molecule has 1 aromatic rings.